The first kappa shape index (κ1) is 23.4. The van der Waals surface area contributed by atoms with Crippen LogP contribution in [0, 0.1) is 5.92 Å². The number of carbonyl (C=O) groups is 2. The van der Waals surface area contributed by atoms with Crippen LogP contribution in [0.4, 0.5) is 0 Å². The summed E-state index contributed by atoms with van der Waals surface area (Å²) in [5.74, 6) is -1.83. The third-order valence-corrected chi connectivity index (χ3v) is 5.53. The zero-order valence-electron chi connectivity index (χ0n) is 18.3. The van der Waals surface area contributed by atoms with E-state index < -0.39 is 23.2 Å². The number of piperidine rings is 1. The number of ether oxygens (including phenoxy) is 2. The van der Waals surface area contributed by atoms with Crippen LogP contribution >= 0.6 is 0 Å². The molecule has 0 amide bonds. The lowest BCUT2D eigenvalue weighted by Crippen LogP contribution is -2.55. The van der Waals surface area contributed by atoms with Crippen LogP contribution in [0.1, 0.15) is 38.2 Å². The molecule has 4 N–H and O–H groups in total. The molecule has 2 heterocycles. The van der Waals surface area contributed by atoms with E-state index in [1.54, 1.807) is 24.3 Å². The van der Waals surface area contributed by atoms with E-state index in [4.69, 9.17) is 9.47 Å². The van der Waals surface area contributed by atoms with Gasteiger partial charge < -0.3 is 30.3 Å². The first-order valence-electron chi connectivity index (χ1n) is 10.8. The van der Waals surface area contributed by atoms with Crippen molar-refractivity contribution in [3.63, 3.8) is 0 Å². The van der Waals surface area contributed by atoms with Gasteiger partial charge in [-0.05, 0) is 49.1 Å². The van der Waals surface area contributed by atoms with E-state index in [2.05, 4.69) is 10.6 Å². The van der Waals surface area contributed by atoms with Crippen LogP contribution in [0.15, 0.2) is 60.0 Å². The van der Waals surface area contributed by atoms with E-state index in [0.717, 1.165) is 31.5 Å². The highest BCUT2D eigenvalue weighted by atomic mass is 16.6. The third kappa shape index (κ3) is 5.31. The van der Waals surface area contributed by atoms with Crippen LogP contribution in [0.5, 0.6) is 5.75 Å². The van der Waals surface area contributed by atoms with Crippen molar-refractivity contribution in [2.24, 2.45) is 5.92 Å². The lowest BCUT2D eigenvalue weighted by atomic mass is 9.95. The Morgan fingerprint density at radius 2 is 2.06 bits per heavy atom. The number of carboxylic acid groups (broad SMARTS) is 2. The summed E-state index contributed by atoms with van der Waals surface area (Å²) in [5, 5.41) is 25.6. The highest BCUT2D eigenvalue weighted by Crippen LogP contribution is 2.36. The SMILES string of the molecule is CC(C)c1ccccc1O[C@]1(/C(=C\C(=O)O)C(=O)O)NC=CC=C1OCC1CCCNC1. The van der Waals surface area contributed by atoms with Gasteiger partial charge in [0.2, 0.25) is 0 Å². The second-order valence-electron chi connectivity index (χ2n) is 8.23. The predicted molar refractivity (Wildman–Crippen MR) is 119 cm³/mol. The lowest BCUT2D eigenvalue weighted by Gasteiger charge is -2.39. The number of para-hydroxylation sites is 1. The van der Waals surface area contributed by atoms with Crippen molar-refractivity contribution in [3.05, 3.63) is 65.6 Å². The lowest BCUT2D eigenvalue weighted by molar-refractivity contribution is -0.137. The monoisotopic (exact) mass is 442 g/mol. The molecule has 1 unspecified atom stereocenters. The smallest absolute Gasteiger partial charge is 0.338 e. The number of aliphatic carboxylic acids is 2. The molecule has 2 atom stereocenters. The standard InChI is InChI=1S/C24H30N2O6/c1-16(2)18-8-3-4-9-20(18)32-24(19(23(29)30)13-22(27)28)21(10-6-12-26-24)31-15-17-7-5-11-25-14-17/h3-4,6,8-10,12-13,16-17,25-26H,5,7,11,14-15H2,1-2H3,(H,27,28)(H,29,30)/b19-13-/t17?,24-/m0/s1. The minimum absolute atomic E-state index is 0.0979. The van der Waals surface area contributed by atoms with Crippen LogP contribution in [-0.2, 0) is 14.3 Å². The van der Waals surface area contributed by atoms with E-state index in [-0.39, 0.29) is 17.6 Å². The van der Waals surface area contributed by atoms with Gasteiger partial charge in [-0.25, -0.2) is 9.59 Å². The van der Waals surface area contributed by atoms with Gasteiger partial charge in [0, 0.05) is 24.7 Å². The van der Waals surface area contributed by atoms with Crippen molar-refractivity contribution in [2.75, 3.05) is 19.7 Å². The third-order valence-electron chi connectivity index (χ3n) is 5.53. The van der Waals surface area contributed by atoms with Crippen molar-refractivity contribution in [2.45, 2.75) is 38.3 Å². The minimum Gasteiger partial charge on any atom is -0.491 e. The van der Waals surface area contributed by atoms with E-state index in [1.807, 2.05) is 26.0 Å². The van der Waals surface area contributed by atoms with Gasteiger partial charge in [-0.3, -0.25) is 0 Å². The Hall–Kier alpha value is -3.26. The van der Waals surface area contributed by atoms with Crippen molar-refractivity contribution >= 4 is 11.9 Å². The fraction of sp³-hybridized carbons (Fsp3) is 0.417. The number of nitrogens with one attached hydrogen (secondary N) is 2. The number of allylic oxidation sites excluding steroid dienone is 2. The molecule has 2 aliphatic rings. The van der Waals surface area contributed by atoms with Gasteiger partial charge in [0.15, 0.2) is 5.76 Å². The van der Waals surface area contributed by atoms with Crippen LogP contribution in [0.2, 0.25) is 0 Å². The number of carboxylic acids is 2. The van der Waals surface area contributed by atoms with Gasteiger partial charge in [-0.2, -0.15) is 0 Å². The van der Waals surface area contributed by atoms with Crippen LogP contribution < -0.4 is 15.4 Å². The number of dihydropyridines is 1. The summed E-state index contributed by atoms with van der Waals surface area (Å²) in [7, 11) is 0. The molecular formula is C24H30N2O6. The summed E-state index contributed by atoms with van der Waals surface area (Å²) >= 11 is 0. The quantitative estimate of drug-likeness (QED) is 0.431. The van der Waals surface area contributed by atoms with Crippen molar-refractivity contribution in [1.82, 2.24) is 10.6 Å². The Labute approximate surface area is 187 Å². The largest absolute Gasteiger partial charge is 0.491 e. The molecule has 1 aromatic rings. The molecule has 3 rings (SSSR count). The average molecular weight is 443 g/mol. The summed E-state index contributed by atoms with van der Waals surface area (Å²) in [5.41, 5.74) is -1.47. The Morgan fingerprint density at radius 3 is 2.72 bits per heavy atom. The fourth-order valence-corrected chi connectivity index (χ4v) is 3.91. The molecule has 1 fully saturated rings. The number of benzene rings is 1. The highest BCUT2D eigenvalue weighted by Gasteiger charge is 2.47. The average Bonchev–Trinajstić information content (AvgIpc) is 2.77. The second kappa shape index (κ2) is 10.4. The molecule has 2 aliphatic heterocycles. The maximum Gasteiger partial charge on any atom is 0.338 e. The molecule has 0 bridgehead atoms. The topological polar surface area (TPSA) is 117 Å². The van der Waals surface area contributed by atoms with Gasteiger partial charge in [-0.15, -0.1) is 0 Å². The normalized spacial score (nSPS) is 23.3. The molecule has 0 saturated carbocycles. The molecule has 0 aliphatic carbocycles. The summed E-state index contributed by atoms with van der Waals surface area (Å²) in [6, 6.07) is 7.29. The van der Waals surface area contributed by atoms with E-state index in [1.165, 1.54) is 6.20 Å². The summed E-state index contributed by atoms with van der Waals surface area (Å²) in [6.07, 6.45) is 7.48. The molecular weight excluding hydrogens is 412 g/mol. The molecule has 0 spiro atoms. The maximum absolute atomic E-state index is 12.2. The summed E-state index contributed by atoms with van der Waals surface area (Å²) in [4.78, 5) is 23.8. The van der Waals surface area contributed by atoms with Crippen molar-refractivity contribution in [1.29, 1.82) is 0 Å². The Morgan fingerprint density at radius 1 is 1.28 bits per heavy atom. The van der Waals surface area contributed by atoms with Crippen molar-refractivity contribution in [3.8, 4) is 5.75 Å². The summed E-state index contributed by atoms with van der Waals surface area (Å²) < 4.78 is 12.4. The second-order valence-corrected chi connectivity index (χ2v) is 8.23. The molecule has 32 heavy (non-hydrogen) atoms. The molecule has 1 aromatic carbocycles. The zero-order chi connectivity index (χ0) is 23.1. The van der Waals surface area contributed by atoms with E-state index in [0.29, 0.717) is 18.4 Å². The summed E-state index contributed by atoms with van der Waals surface area (Å²) in [6.45, 7) is 6.12. The van der Waals surface area contributed by atoms with E-state index >= 15 is 0 Å². The molecule has 1 saturated heterocycles. The Kier molecular flexibility index (Phi) is 7.58. The fourth-order valence-electron chi connectivity index (χ4n) is 3.91. The van der Waals surface area contributed by atoms with E-state index in [9.17, 15) is 19.8 Å². The van der Waals surface area contributed by atoms with Gasteiger partial charge in [0.1, 0.15) is 11.3 Å². The van der Waals surface area contributed by atoms with Gasteiger partial charge in [0.05, 0.1) is 6.61 Å². The van der Waals surface area contributed by atoms with Crippen molar-refractivity contribution < 1.29 is 29.3 Å². The Balaban J connectivity index is 2.04. The minimum atomic E-state index is -1.84. The van der Waals surface area contributed by atoms with Crippen LogP contribution in [-0.4, -0.2) is 47.6 Å². The molecule has 8 heteroatoms. The predicted octanol–water partition coefficient (Wildman–Crippen LogP) is 3.00. The Bertz CT molecular complexity index is 930. The number of hydrogen-bond donors (Lipinski definition) is 4. The van der Waals surface area contributed by atoms with Crippen LogP contribution in [0.3, 0.4) is 0 Å². The maximum atomic E-state index is 12.2. The molecule has 172 valence electrons. The van der Waals surface area contributed by atoms with Gasteiger partial charge in [-0.1, -0.05) is 32.0 Å². The van der Waals surface area contributed by atoms with Crippen LogP contribution in [0.25, 0.3) is 0 Å². The molecule has 8 nitrogen and oxygen atoms in total. The van der Waals surface area contributed by atoms with Gasteiger partial charge >= 0.3 is 11.9 Å². The first-order chi connectivity index (χ1) is 15.3. The number of hydrogen-bond acceptors (Lipinski definition) is 6. The first-order valence-corrected chi connectivity index (χ1v) is 10.8. The number of rotatable bonds is 9. The molecule has 0 aromatic heterocycles. The molecule has 0 radical (unpaired) electrons. The van der Waals surface area contributed by atoms with Gasteiger partial charge in [0.25, 0.3) is 5.72 Å². The highest BCUT2D eigenvalue weighted by molar-refractivity contribution is 5.97. The zero-order valence-corrected chi connectivity index (χ0v) is 18.3.